The van der Waals surface area contributed by atoms with Crippen LogP contribution in [0, 0.1) is 0 Å². The Kier molecular flexibility index (Phi) is 4.74. The van der Waals surface area contributed by atoms with E-state index in [0.29, 0.717) is 13.1 Å². The first-order valence-corrected chi connectivity index (χ1v) is 6.94. The molecule has 1 aromatic rings. The normalized spacial score (nSPS) is 16.3. The number of hydrogen-bond acceptors (Lipinski definition) is 2. The molecule has 0 bridgehead atoms. The third-order valence-electron chi connectivity index (χ3n) is 2.84. The van der Waals surface area contributed by atoms with Gasteiger partial charge in [0, 0.05) is 23.6 Å². The van der Waals surface area contributed by atoms with Crippen molar-refractivity contribution in [1.29, 1.82) is 0 Å². The van der Waals surface area contributed by atoms with Gasteiger partial charge >= 0.3 is 0 Å². The molecule has 1 aliphatic heterocycles. The molecule has 0 spiro atoms. The predicted octanol–water partition coefficient (Wildman–Crippen LogP) is 1.81. The lowest BCUT2D eigenvalue weighted by Crippen LogP contribution is -2.36. The molecule has 1 aromatic carbocycles. The smallest absolute Gasteiger partial charge is 0.247 e. The summed E-state index contributed by atoms with van der Waals surface area (Å²) in [5.74, 6) is -0.223. The Morgan fingerprint density at radius 3 is 3.05 bits per heavy atom. The minimum Gasteiger partial charge on any atom is -0.354 e. The number of carbonyl (C=O) groups excluding carboxylic acids is 2. The highest BCUT2D eigenvalue weighted by atomic mass is 79.9. The minimum absolute atomic E-state index is 0.0956. The van der Waals surface area contributed by atoms with Crippen molar-refractivity contribution in [3.8, 4) is 0 Å². The lowest BCUT2D eigenvalue weighted by molar-refractivity contribution is -0.131. The fourth-order valence-electron chi connectivity index (χ4n) is 1.88. The van der Waals surface area contributed by atoms with Gasteiger partial charge in [-0.15, -0.1) is 0 Å². The Morgan fingerprint density at radius 1 is 1.42 bits per heavy atom. The zero-order chi connectivity index (χ0) is 13.7. The quantitative estimate of drug-likeness (QED) is 0.844. The summed E-state index contributed by atoms with van der Waals surface area (Å²) < 4.78 is 0.969. The highest BCUT2D eigenvalue weighted by Gasteiger charge is 2.17. The van der Waals surface area contributed by atoms with Gasteiger partial charge in [0.15, 0.2) is 0 Å². The molecule has 2 amide bonds. The van der Waals surface area contributed by atoms with E-state index < -0.39 is 0 Å². The van der Waals surface area contributed by atoms with Gasteiger partial charge in [0.25, 0.3) is 0 Å². The summed E-state index contributed by atoms with van der Waals surface area (Å²) in [6.45, 7) is 1.39. The van der Waals surface area contributed by atoms with E-state index in [1.165, 1.54) is 6.08 Å². The number of nitrogens with one attached hydrogen (secondary N) is 1. The number of carbonyl (C=O) groups is 2. The minimum atomic E-state index is -0.128. The predicted molar refractivity (Wildman–Crippen MR) is 77.4 cm³/mol. The molecule has 1 N–H and O–H groups in total. The molecule has 19 heavy (non-hydrogen) atoms. The van der Waals surface area contributed by atoms with E-state index in [0.717, 1.165) is 16.5 Å². The van der Waals surface area contributed by atoms with Crippen LogP contribution in [0.3, 0.4) is 0 Å². The van der Waals surface area contributed by atoms with Crippen molar-refractivity contribution in [3.63, 3.8) is 0 Å². The van der Waals surface area contributed by atoms with Crippen LogP contribution in [0.2, 0.25) is 0 Å². The molecule has 0 radical (unpaired) electrons. The molecule has 1 saturated heterocycles. The number of nitrogens with zero attached hydrogens (tertiary/aromatic N) is 1. The van der Waals surface area contributed by atoms with Gasteiger partial charge in [-0.1, -0.05) is 28.1 Å². The molecule has 0 atom stereocenters. The van der Waals surface area contributed by atoms with E-state index in [1.54, 1.807) is 11.0 Å². The highest BCUT2D eigenvalue weighted by Crippen LogP contribution is 2.13. The fourth-order valence-corrected chi connectivity index (χ4v) is 2.29. The maximum atomic E-state index is 12.0. The Balaban J connectivity index is 2.01. The van der Waals surface area contributed by atoms with Gasteiger partial charge in [0.1, 0.15) is 0 Å². The lowest BCUT2D eigenvalue weighted by atomic mass is 10.2. The van der Waals surface area contributed by atoms with E-state index in [1.807, 2.05) is 24.3 Å². The summed E-state index contributed by atoms with van der Waals surface area (Å²) in [7, 11) is 0. The monoisotopic (exact) mass is 322 g/mol. The summed E-state index contributed by atoms with van der Waals surface area (Å²) in [6.07, 6.45) is 4.07. The molecule has 0 aliphatic carbocycles. The first-order chi connectivity index (χ1) is 9.15. The van der Waals surface area contributed by atoms with Crippen molar-refractivity contribution in [1.82, 2.24) is 10.2 Å². The van der Waals surface area contributed by atoms with Crippen molar-refractivity contribution >= 4 is 33.8 Å². The van der Waals surface area contributed by atoms with Crippen LogP contribution in [0.15, 0.2) is 34.8 Å². The third-order valence-corrected chi connectivity index (χ3v) is 3.33. The fraction of sp³-hybridized carbons (Fsp3) is 0.286. The van der Waals surface area contributed by atoms with Crippen molar-refractivity contribution in [3.05, 3.63) is 40.4 Å². The van der Waals surface area contributed by atoms with E-state index >= 15 is 0 Å². The van der Waals surface area contributed by atoms with Crippen LogP contribution in [0.5, 0.6) is 0 Å². The van der Waals surface area contributed by atoms with E-state index in [9.17, 15) is 9.59 Å². The standard InChI is InChI=1S/C14H15BrN2O2/c15-12-4-1-3-11(9-12)5-6-14(19)17-8-2-7-16-13(18)10-17/h1,3-6,9H,2,7-8,10H2,(H,16,18). The first-order valence-electron chi connectivity index (χ1n) is 6.14. The maximum Gasteiger partial charge on any atom is 0.247 e. The van der Waals surface area contributed by atoms with Crippen molar-refractivity contribution in [2.75, 3.05) is 19.6 Å². The highest BCUT2D eigenvalue weighted by molar-refractivity contribution is 9.10. The van der Waals surface area contributed by atoms with Gasteiger partial charge < -0.3 is 10.2 Å². The molecule has 2 rings (SSSR count). The van der Waals surface area contributed by atoms with Crippen molar-refractivity contribution < 1.29 is 9.59 Å². The Bertz CT molecular complexity index is 514. The van der Waals surface area contributed by atoms with E-state index in [4.69, 9.17) is 0 Å². The number of amides is 2. The summed E-state index contributed by atoms with van der Waals surface area (Å²) in [5, 5.41) is 2.75. The molecule has 0 saturated carbocycles. The Morgan fingerprint density at radius 2 is 2.26 bits per heavy atom. The van der Waals surface area contributed by atoms with Crippen molar-refractivity contribution in [2.45, 2.75) is 6.42 Å². The molecule has 1 fully saturated rings. The summed E-state index contributed by atoms with van der Waals surface area (Å²) in [6, 6.07) is 7.69. The van der Waals surface area contributed by atoms with Gasteiger partial charge in [0.05, 0.1) is 6.54 Å². The number of benzene rings is 1. The molecular weight excluding hydrogens is 308 g/mol. The molecule has 4 nitrogen and oxygen atoms in total. The second-order valence-corrected chi connectivity index (χ2v) is 5.27. The average molecular weight is 323 g/mol. The summed E-state index contributed by atoms with van der Waals surface area (Å²) in [5.41, 5.74) is 0.946. The van der Waals surface area contributed by atoms with Gasteiger partial charge in [0.2, 0.25) is 11.8 Å². The lowest BCUT2D eigenvalue weighted by Gasteiger charge is -2.16. The number of hydrogen-bond donors (Lipinski definition) is 1. The topological polar surface area (TPSA) is 49.4 Å². The van der Waals surface area contributed by atoms with Crippen molar-refractivity contribution in [2.24, 2.45) is 0 Å². The third kappa shape index (κ3) is 4.21. The zero-order valence-corrected chi connectivity index (χ0v) is 12.0. The van der Waals surface area contributed by atoms with Gasteiger partial charge in [-0.25, -0.2) is 0 Å². The van der Waals surface area contributed by atoms with E-state index in [-0.39, 0.29) is 18.4 Å². The zero-order valence-electron chi connectivity index (χ0n) is 10.4. The largest absolute Gasteiger partial charge is 0.354 e. The average Bonchev–Trinajstić information content (AvgIpc) is 2.61. The van der Waals surface area contributed by atoms with Crippen LogP contribution in [0.25, 0.3) is 6.08 Å². The van der Waals surface area contributed by atoms with Crippen LogP contribution < -0.4 is 5.32 Å². The SMILES string of the molecule is O=C1CN(C(=O)C=Cc2cccc(Br)c2)CCCN1. The Hall–Kier alpha value is -1.62. The second kappa shape index (κ2) is 6.52. The summed E-state index contributed by atoms with van der Waals surface area (Å²) in [4.78, 5) is 24.9. The van der Waals surface area contributed by atoms with Gasteiger partial charge in [-0.3, -0.25) is 9.59 Å². The van der Waals surface area contributed by atoms with Crippen LogP contribution in [-0.4, -0.2) is 36.3 Å². The molecule has 0 aromatic heterocycles. The molecule has 5 heteroatoms. The summed E-state index contributed by atoms with van der Waals surface area (Å²) >= 11 is 3.38. The van der Waals surface area contributed by atoms with Crippen LogP contribution in [0.1, 0.15) is 12.0 Å². The number of halogens is 1. The first kappa shape index (κ1) is 13.8. The van der Waals surface area contributed by atoms with Gasteiger partial charge in [-0.2, -0.15) is 0 Å². The van der Waals surface area contributed by atoms with Gasteiger partial charge in [-0.05, 0) is 30.2 Å². The second-order valence-electron chi connectivity index (χ2n) is 4.35. The number of rotatable bonds is 2. The van der Waals surface area contributed by atoms with Crippen LogP contribution >= 0.6 is 15.9 Å². The maximum absolute atomic E-state index is 12.0. The molecular formula is C14H15BrN2O2. The Labute approximate surface area is 120 Å². The molecule has 1 aliphatic rings. The molecule has 100 valence electrons. The van der Waals surface area contributed by atoms with Crippen LogP contribution in [-0.2, 0) is 9.59 Å². The molecule has 1 heterocycles. The van der Waals surface area contributed by atoms with E-state index in [2.05, 4.69) is 21.2 Å². The van der Waals surface area contributed by atoms with Crippen LogP contribution in [0.4, 0.5) is 0 Å². The molecule has 0 unspecified atom stereocenters.